The third-order valence-corrected chi connectivity index (χ3v) is 6.15. The van der Waals surface area contributed by atoms with Crippen molar-refractivity contribution in [1.29, 1.82) is 0 Å². The number of piperidine rings is 1. The summed E-state index contributed by atoms with van der Waals surface area (Å²) in [5.41, 5.74) is 1.19. The molecule has 2 aromatic heterocycles. The zero-order valence-electron chi connectivity index (χ0n) is 15.5. The number of amides is 3. The third kappa shape index (κ3) is 2.64. The number of hydrogen-bond donors (Lipinski definition) is 3. The monoisotopic (exact) mass is 382 g/mol. The number of nitrogens with zero attached hydrogens (tertiary/aromatic N) is 3. The van der Waals surface area contributed by atoms with Gasteiger partial charge in [0, 0.05) is 24.5 Å². The standard InChI is InChI=1S/C19H22N6O3/c26-14-5-4-12(16(27)23-14)22-18-20-9-11-8-13-17(28)21-10-19(6-2-1-3-7-19)25(13)15(11)24-18/h8-9,12H,1-7,10H2,(H,21,28)(H,20,22,24)(H,23,26,27). The maximum Gasteiger partial charge on any atom is 0.268 e. The molecular formula is C19H22N6O3. The molecular weight excluding hydrogens is 360 g/mol. The maximum atomic E-state index is 12.5. The summed E-state index contributed by atoms with van der Waals surface area (Å²) in [5.74, 6) is -0.376. The summed E-state index contributed by atoms with van der Waals surface area (Å²) in [6.07, 6.45) is 7.85. The summed E-state index contributed by atoms with van der Waals surface area (Å²) < 4.78 is 2.09. The van der Waals surface area contributed by atoms with Crippen LogP contribution in [0.5, 0.6) is 0 Å². The summed E-state index contributed by atoms with van der Waals surface area (Å²) in [6.45, 7) is 0.614. The minimum absolute atomic E-state index is 0.0890. The molecule has 1 saturated carbocycles. The highest BCUT2D eigenvalue weighted by Crippen LogP contribution is 2.40. The van der Waals surface area contributed by atoms with Crippen molar-refractivity contribution in [2.75, 3.05) is 11.9 Å². The number of hydrogen-bond acceptors (Lipinski definition) is 6. The predicted molar refractivity (Wildman–Crippen MR) is 101 cm³/mol. The van der Waals surface area contributed by atoms with E-state index in [1.165, 1.54) is 6.42 Å². The molecule has 1 saturated heterocycles. The molecule has 2 aromatic rings. The van der Waals surface area contributed by atoms with Gasteiger partial charge in [-0.25, -0.2) is 4.98 Å². The Balaban J connectivity index is 1.55. The van der Waals surface area contributed by atoms with E-state index in [0.29, 0.717) is 24.6 Å². The van der Waals surface area contributed by atoms with Crippen LogP contribution in [-0.2, 0) is 15.1 Å². The van der Waals surface area contributed by atoms with Crippen LogP contribution >= 0.6 is 0 Å². The first-order valence-electron chi connectivity index (χ1n) is 9.83. The summed E-state index contributed by atoms with van der Waals surface area (Å²) in [5, 5.41) is 9.22. The molecule has 1 unspecified atom stereocenters. The molecule has 28 heavy (non-hydrogen) atoms. The largest absolute Gasteiger partial charge is 0.348 e. The number of anilines is 1. The molecule has 0 radical (unpaired) electrons. The molecule has 2 aliphatic heterocycles. The number of fused-ring (bicyclic) bond motifs is 4. The zero-order chi connectivity index (χ0) is 19.3. The van der Waals surface area contributed by atoms with Gasteiger partial charge in [-0.2, -0.15) is 4.98 Å². The molecule has 3 aliphatic rings. The van der Waals surface area contributed by atoms with Gasteiger partial charge in [0.2, 0.25) is 17.8 Å². The van der Waals surface area contributed by atoms with Crippen molar-refractivity contribution >= 4 is 34.7 Å². The molecule has 3 N–H and O–H groups in total. The van der Waals surface area contributed by atoms with Crippen LogP contribution in [-0.4, -0.2) is 44.8 Å². The molecule has 1 aliphatic carbocycles. The van der Waals surface area contributed by atoms with Crippen LogP contribution in [0, 0.1) is 0 Å². The highest BCUT2D eigenvalue weighted by Gasteiger charge is 2.41. The number of carbonyl (C=O) groups is 3. The van der Waals surface area contributed by atoms with Crippen molar-refractivity contribution in [1.82, 2.24) is 25.2 Å². The second-order valence-corrected chi connectivity index (χ2v) is 7.95. The van der Waals surface area contributed by atoms with E-state index >= 15 is 0 Å². The molecule has 5 rings (SSSR count). The van der Waals surface area contributed by atoms with Crippen LogP contribution in [0.25, 0.3) is 11.0 Å². The van der Waals surface area contributed by atoms with Gasteiger partial charge < -0.3 is 15.2 Å². The van der Waals surface area contributed by atoms with Crippen LogP contribution in [0.15, 0.2) is 12.3 Å². The van der Waals surface area contributed by atoms with Gasteiger partial charge in [0.1, 0.15) is 17.4 Å². The molecule has 9 nitrogen and oxygen atoms in total. The Kier molecular flexibility index (Phi) is 3.85. The Hall–Kier alpha value is -2.97. The van der Waals surface area contributed by atoms with Gasteiger partial charge in [0.05, 0.1) is 5.54 Å². The lowest BCUT2D eigenvalue weighted by Crippen LogP contribution is -2.52. The van der Waals surface area contributed by atoms with Gasteiger partial charge in [-0.15, -0.1) is 0 Å². The third-order valence-electron chi connectivity index (χ3n) is 6.15. The zero-order valence-corrected chi connectivity index (χ0v) is 15.5. The Morgan fingerprint density at radius 3 is 2.79 bits per heavy atom. The molecule has 2 fully saturated rings. The molecule has 4 heterocycles. The first-order valence-corrected chi connectivity index (χ1v) is 9.83. The summed E-state index contributed by atoms with van der Waals surface area (Å²) >= 11 is 0. The van der Waals surface area contributed by atoms with Crippen molar-refractivity contribution in [2.45, 2.75) is 56.5 Å². The average Bonchev–Trinajstić information content (AvgIpc) is 3.09. The second-order valence-electron chi connectivity index (χ2n) is 7.95. The maximum absolute atomic E-state index is 12.5. The van der Waals surface area contributed by atoms with E-state index in [-0.39, 0.29) is 29.7 Å². The first-order chi connectivity index (χ1) is 13.6. The van der Waals surface area contributed by atoms with E-state index < -0.39 is 6.04 Å². The summed E-state index contributed by atoms with van der Waals surface area (Å²) in [6, 6.07) is 1.30. The van der Waals surface area contributed by atoms with Gasteiger partial charge in [0.25, 0.3) is 5.91 Å². The normalized spacial score (nSPS) is 24.0. The number of carbonyl (C=O) groups excluding carboxylic acids is 3. The van der Waals surface area contributed by atoms with Gasteiger partial charge in [-0.05, 0) is 25.3 Å². The molecule has 1 spiro atoms. The average molecular weight is 382 g/mol. The fourth-order valence-corrected chi connectivity index (χ4v) is 4.72. The van der Waals surface area contributed by atoms with Crippen LogP contribution < -0.4 is 16.0 Å². The summed E-state index contributed by atoms with van der Waals surface area (Å²) in [7, 11) is 0. The molecule has 146 valence electrons. The highest BCUT2D eigenvalue weighted by molar-refractivity contribution is 6.01. The Bertz CT molecular complexity index is 991. The fourth-order valence-electron chi connectivity index (χ4n) is 4.72. The SMILES string of the molecule is O=C1CCC(Nc2ncc3cc4n(c3n2)C2(CCCCC2)CNC4=O)C(=O)N1. The molecule has 0 aromatic carbocycles. The molecule has 3 amide bonds. The van der Waals surface area contributed by atoms with Crippen LogP contribution in [0.3, 0.4) is 0 Å². The van der Waals surface area contributed by atoms with Crippen LogP contribution in [0.2, 0.25) is 0 Å². The van der Waals surface area contributed by atoms with E-state index in [1.807, 2.05) is 6.07 Å². The summed E-state index contributed by atoms with van der Waals surface area (Å²) in [4.78, 5) is 44.9. The van der Waals surface area contributed by atoms with Crippen LogP contribution in [0.1, 0.15) is 55.4 Å². The highest BCUT2D eigenvalue weighted by atomic mass is 16.2. The lowest BCUT2D eigenvalue weighted by Gasteiger charge is -2.42. The van der Waals surface area contributed by atoms with Gasteiger partial charge >= 0.3 is 0 Å². The number of nitrogens with one attached hydrogen (secondary N) is 3. The van der Waals surface area contributed by atoms with Crippen molar-refractivity contribution in [3.05, 3.63) is 18.0 Å². The van der Waals surface area contributed by atoms with Crippen molar-refractivity contribution in [3.63, 3.8) is 0 Å². The number of imide groups is 1. The Labute approximate surface area is 161 Å². The Morgan fingerprint density at radius 2 is 2.00 bits per heavy atom. The van der Waals surface area contributed by atoms with E-state index in [0.717, 1.165) is 36.7 Å². The Morgan fingerprint density at radius 1 is 1.18 bits per heavy atom. The minimum atomic E-state index is -0.544. The lowest BCUT2D eigenvalue weighted by molar-refractivity contribution is -0.133. The molecule has 9 heteroatoms. The van der Waals surface area contributed by atoms with E-state index in [9.17, 15) is 14.4 Å². The van der Waals surface area contributed by atoms with Crippen molar-refractivity contribution < 1.29 is 14.4 Å². The van der Waals surface area contributed by atoms with E-state index in [2.05, 4.69) is 30.5 Å². The minimum Gasteiger partial charge on any atom is -0.348 e. The van der Waals surface area contributed by atoms with E-state index in [1.54, 1.807) is 6.20 Å². The molecule has 0 bridgehead atoms. The van der Waals surface area contributed by atoms with Gasteiger partial charge in [-0.1, -0.05) is 19.3 Å². The topological polar surface area (TPSA) is 118 Å². The smallest absolute Gasteiger partial charge is 0.268 e. The van der Waals surface area contributed by atoms with Crippen molar-refractivity contribution in [2.24, 2.45) is 0 Å². The fraction of sp³-hybridized carbons (Fsp3) is 0.526. The van der Waals surface area contributed by atoms with Gasteiger partial charge in [-0.3, -0.25) is 19.7 Å². The van der Waals surface area contributed by atoms with E-state index in [4.69, 9.17) is 0 Å². The van der Waals surface area contributed by atoms with Gasteiger partial charge in [0.15, 0.2) is 0 Å². The van der Waals surface area contributed by atoms with Crippen molar-refractivity contribution in [3.8, 4) is 0 Å². The second kappa shape index (κ2) is 6.29. The molecule has 1 atom stereocenters. The van der Waals surface area contributed by atoms with Crippen LogP contribution in [0.4, 0.5) is 5.95 Å². The first kappa shape index (κ1) is 17.2. The predicted octanol–water partition coefficient (Wildman–Crippen LogP) is 1.05. The number of rotatable bonds is 2. The lowest BCUT2D eigenvalue weighted by atomic mass is 9.80. The quantitative estimate of drug-likeness (QED) is 0.668. The number of aromatic nitrogens is 3.